The van der Waals surface area contributed by atoms with Gasteiger partial charge in [-0.3, -0.25) is 0 Å². The van der Waals surface area contributed by atoms with E-state index in [0.717, 1.165) is 13.1 Å². The predicted octanol–water partition coefficient (Wildman–Crippen LogP) is -2.60. The minimum atomic E-state index is 0. The van der Waals surface area contributed by atoms with Crippen molar-refractivity contribution < 1.29 is 63.0 Å². The normalized spacial score (nSPS) is 7.25. The van der Waals surface area contributed by atoms with Crippen LogP contribution in [0.5, 0.6) is 0 Å². The van der Waals surface area contributed by atoms with Gasteiger partial charge in [-0.25, -0.2) is 0 Å². The number of hydrogen-bond donors (Lipinski definition) is 0. The van der Waals surface area contributed by atoms with Gasteiger partial charge in [-0.15, -0.1) is 0 Å². The Hall–Kier alpha value is 1.28. The largest absolute Gasteiger partial charge is 1.00 e. The van der Waals surface area contributed by atoms with Gasteiger partial charge in [-0.1, -0.05) is 13.8 Å². The summed E-state index contributed by atoms with van der Waals surface area (Å²) in [5.41, 5.74) is 0. The first kappa shape index (κ1) is 12.0. The standard InChI is InChI=1S/C5H10NO.Rb/c1-3-6(4-2)5-7;/h3-4H2,1-2H3;/q-1;+1. The molecular weight excluding hydrogens is 176 g/mol. The van der Waals surface area contributed by atoms with Crippen molar-refractivity contribution >= 4 is 6.41 Å². The monoisotopic (exact) mass is 185 g/mol. The molecule has 0 aromatic heterocycles. The van der Waals surface area contributed by atoms with E-state index < -0.39 is 0 Å². The molecule has 2 nitrogen and oxygen atoms in total. The summed E-state index contributed by atoms with van der Waals surface area (Å²) in [7, 11) is 0. The molecule has 42 valence electrons. The average Bonchev–Trinajstić information content (AvgIpc) is 1.72. The second-order valence-corrected chi connectivity index (χ2v) is 1.26. The van der Waals surface area contributed by atoms with Crippen LogP contribution >= 0.6 is 0 Å². The Kier molecular flexibility index (Phi) is 12.4. The van der Waals surface area contributed by atoms with Crippen molar-refractivity contribution in [2.45, 2.75) is 13.8 Å². The van der Waals surface area contributed by atoms with Crippen LogP contribution in [0.2, 0.25) is 0 Å². The fraction of sp³-hybridized carbons (Fsp3) is 0.800. The third kappa shape index (κ3) is 5.41. The summed E-state index contributed by atoms with van der Waals surface area (Å²) in [5, 5.41) is 0. The van der Waals surface area contributed by atoms with Crippen molar-refractivity contribution in [3.63, 3.8) is 0 Å². The van der Waals surface area contributed by atoms with E-state index in [1.807, 2.05) is 13.8 Å². The smallest absolute Gasteiger partial charge is 0.520 e. The van der Waals surface area contributed by atoms with Crippen molar-refractivity contribution in [3.8, 4) is 0 Å². The first-order valence-corrected chi connectivity index (χ1v) is 2.47. The number of rotatable bonds is 3. The molecule has 0 atom stereocenters. The van der Waals surface area contributed by atoms with E-state index in [0.29, 0.717) is 0 Å². The molecule has 0 rings (SSSR count). The fourth-order valence-corrected chi connectivity index (χ4v) is 0.353. The van der Waals surface area contributed by atoms with Gasteiger partial charge in [0.25, 0.3) is 0 Å². The van der Waals surface area contributed by atoms with Gasteiger partial charge >= 0.3 is 58.2 Å². The molecule has 0 fully saturated rings. The molecule has 0 aromatic carbocycles. The Labute approximate surface area is 99.4 Å². The SMILES string of the molecule is CCN([C-]=O)CC.[Rb+]. The van der Waals surface area contributed by atoms with Crippen molar-refractivity contribution in [1.29, 1.82) is 0 Å². The summed E-state index contributed by atoms with van der Waals surface area (Å²) in [6.07, 6.45) is 1.78. The molecule has 0 radical (unpaired) electrons. The zero-order chi connectivity index (χ0) is 5.70. The Balaban J connectivity index is 0. The molecule has 0 aliphatic heterocycles. The van der Waals surface area contributed by atoms with Crippen molar-refractivity contribution in [1.82, 2.24) is 4.90 Å². The molecule has 0 heterocycles. The van der Waals surface area contributed by atoms with Gasteiger partial charge in [0.05, 0.1) is 0 Å². The molecule has 3 heteroatoms. The third-order valence-corrected chi connectivity index (χ3v) is 0.893. The van der Waals surface area contributed by atoms with Crippen LogP contribution in [0.25, 0.3) is 0 Å². The zero-order valence-corrected chi connectivity index (χ0v) is 10.7. The number of nitrogens with zero attached hydrogens (tertiary/aromatic N) is 1. The third-order valence-electron chi connectivity index (χ3n) is 0.893. The van der Waals surface area contributed by atoms with Gasteiger partial charge < -0.3 is 9.69 Å². The van der Waals surface area contributed by atoms with Crippen LogP contribution in [0.15, 0.2) is 0 Å². The van der Waals surface area contributed by atoms with E-state index in [2.05, 4.69) is 0 Å². The summed E-state index contributed by atoms with van der Waals surface area (Å²) < 4.78 is 0. The molecule has 0 spiro atoms. The van der Waals surface area contributed by atoms with Crippen LogP contribution < -0.4 is 58.2 Å². The van der Waals surface area contributed by atoms with E-state index in [1.165, 1.54) is 0 Å². The quantitative estimate of drug-likeness (QED) is 0.349. The van der Waals surface area contributed by atoms with Crippen LogP contribution in [0, 0.1) is 0 Å². The second kappa shape index (κ2) is 8.28. The van der Waals surface area contributed by atoms with Crippen LogP contribution in [0.3, 0.4) is 0 Å². The van der Waals surface area contributed by atoms with Crippen molar-refractivity contribution in [2.24, 2.45) is 0 Å². The van der Waals surface area contributed by atoms with Crippen molar-refractivity contribution in [2.75, 3.05) is 13.1 Å². The first-order valence-electron chi connectivity index (χ1n) is 2.47. The summed E-state index contributed by atoms with van der Waals surface area (Å²) >= 11 is 0. The minimum Gasteiger partial charge on any atom is -0.520 e. The van der Waals surface area contributed by atoms with Gasteiger partial charge in [0.15, 0.2) is 0 Å². The van der Waals surface area contributed by atoms with Crippen molar-refractivity contribution in [3.05, 3.63) is 0 Å². The molecule has 0 aromatic rings. The van der Waals surface area contributed by atoms with E-state index in [1.54, 1.807) is 11.3 Å². The Morgan fingerprint density at radius 1 is 1.38 bits per heavy atom. The molecule has 0 unspecified atom stereocenters. The van der Waals surface area contributed by atoms with Gasteiger partial charge in [-0.05, 0) is 13.1 Å². The van der Waals surface area contributed by atoms with Crippen LogP contribution in [-0.4, -0.2) is 24.4 Å². The second-order valence-electron chi connectivity index (χ2n) is 1.26. The van der Waals surface area contributed by atoms with E-state index >= 15 is 0 Å². The Morgan fingerprint density at radius 2 is 1.75 bits per heavy atom. The zero-order valence-electron chi connectivity index (χ0n) is 5.77. The van der Waals surface area contributed by atoms with Crippen LogP contribution in [0.1, 0.15) is 13.8 Å². The number of amides is 1. The van der Waals surface area contributed by atoms with Gasteiger partial charge in [-0.2, -0.15) is 6.41 Å². The predicted molar refractivity (Wildman–Crippen MR) is 28.6 cm³/mol. The summed E-state index contributed by atoms with van der Waals surface area (Å²) in [6.45, 7) is 5.38. The summed E-state index contributed by atoms with van der Waals surface area (Å²) in [4.78, 5) is 11.3. The molecule has 0 saturated carbocycles. The van der Waals surface area contributed by atoms with Crippen LogP contribution in [0.4, 0.5) is 0 Å². The van der Waals surface area contributed by atoms with Crippen LogP contribution in [-0.2, 0) is 4.79 Å². The summed E-state index contributed by atoms with van der Waals surface area (Å²) in [6, 6.07) is 0. The fourth-order valence-electron chi connectivity index (χ4n) is 0.353. The minimum absolute atomic E-state index is 0. The molecule has 8 heavy (non-hydrogen) atoms. The molecule has 0 bridgehead atoms. The number of carbonyl (C=O) groups excluding carboxylic acids is 1. The van der Waals surface area contributed by atoms with E-state index in [-0.39, 0.29) is 58.2 Å². The molecule has 1 amide bonds. The maximum Gasteiger partial charge on any atom is 1.00 e. The topological polar surface area (TPSA) is 20.3 Å². The van der Waals surface area contributed by atoms with Gasteiger partial charge in [0.1, 0.15) is 0 Å². The molecule has 0 aliphatic rings. The van der Waals surface area contributed by atoms with Gasteiger partial charge in [0, 0.05) is 0 Å². The molecular formula is C5H10NORb. The first-order chi connectivity index (χ1) is 3.35. The summed E-state index contributed by atoms with van der Waals surface area (Å²) in [5.74, 6) is 0. The Bertz CT molecular complexity index is 54.4. The maximum atomic E-state index is 9.77. The number of hydrogen-bond acceptors (Lipinski definition) is 1. The molecule has 0 N–H and O–H groups in total. The molecule has 0 saturated heterocycles. The van der Waals surface area contributed by atoms with E-state index in [9.17, 15) is 4.79 Å². The Morgan fingerprint density at radius 3 is 1.75 bits per heavy atom. The van der Waals surface area contributed by atoms with E-state index in [4.69, 9.17) is 0 Å². The molecule has 0 aliphatic carbocycles. The average molecular weight is 186 g/mol. The van der Waals surface area contributed by atoms with Gasteiger partial charge in [0.2, 0.25) is 0 Å². The maximum absolute atomic E-state index is 9.77.